The van der Waals surface area contributed by atoms with Crippen LogP contribution in [0.5, 0.6) is 0 Å². The molecule has 0 saturated carbocycles. The lowest BCUT2D eigenvalue weighted by atomic mass is 10.00. The molecule has 0 bridgehead atoms. The topological polar surface area (TPSA) is 62.9 Å². The molecule has 0 aliphatic carbocycles. The minimum absolute atomic E-state index is 0.253. The van der Waals surface area contributed by atoms with Crippen LogP contribution in [0.2, 0.25) is 0 Å². The molecule has 3 rings (SSSR count). The summed E-state index contributed by atoms with van der Waals surface area (Å²) in [6, 6.07) is 10.3. The first kappa shape index (κ1) is 18.4. The van der Waals surface area contributed by atoms with Gasteiger partial charge in [-0.25, -0.2) is 4.39 Å². The number of hydrogen-bond donors (Lipinski definition) is 2. The van der Waals surface area contributed by atoms with Crippen molar-refractivity contribution >= 4 is 17.6 Å². The van der Waals surface area contributed by atoms with Crippen molar-refractivity contribution in [2.45, 2.75) is 0 Å². The zero-order chi connectivity index (χ0) is 18.4. The Morgan fingerprint density at radius 3 is 2.65 bits per heavy atom. The molecule has 1 heterocycles. The molecule has 3 N–H and O–H groups in total. The molecule has 0 atom stereocenters. The van der Waals surface area contributed by atoms with Gasteiger partial charge >= 0.3 is 0 Å². The average Bonchev–Trinajstić information content (AvgIpc) is 2.67. The minimum atomic E-state index is -0.253. The van der Waals surface area contributed by atoms with Gasteiger partial charge in [0.05, 0.1) is 19.8 Å². The van der Waals surface area contributed by atoms with E-state index in [-0.39, 0.29) is 5.82 Å². The van der Waals surface area contributed by atoms with Crippen molar-refractivity contribution < 1.29 is 9.13 Å². The molecule has 6 heteroatoms. The second-order valence-corrected chi connectivity index (χ2v) is 6.27. The van der Waals surface area contributed by atoms with Crippen molar-refractivity contribution in [3.05, 3.63) is 47.8 Å². The van der Waals surface area contributed by atoms with E-state index in [1.807, 2.05) is 25.4 Å². The molecule has 0 aromatic heterocycles. The molecule has 1 fully saturated rings. The van der Waals surface area contributed by atoms with Crippen LogP contribution in [-0.2, 0) is 4.74 Å². The molecule has 1 saturated heterocycles. The Morgan fingerprint density at radius 1 is 1.23 bits per heavy atom. The van der Waals surface area contributed by atoms with Crippen molar-refractivity contribution in [3.8, 4) is 11.1 Å². The number of halogens is 1. The normalized spacial score (nSPS) is 15.5. The van der Waals surface area contributed by atoms with E-state index in [1.54, 1.807) is 12.1 Å². The van der Waals surface area contributed by atoms with Crippen LogP contribution in [0.3, 0.4) is 0 Å². The van der Waals surface area contributed by atoms with Gasteiger partial charge in [0.25, 0.3) is 0 Å². The number of nitrogens with one attached hydrogen (secondary N) is 1. The van der Waals surface area contributed by atoms with Crippen molar-refractivity contribution in [2.75, 3.05) is 57.5 Å². The SMILES string of the molecule is CNc1cc(C=NCCN2CCOCC2)c(N)cc1-c1ccc(F)cc1. The zero-order valence-corrected chi connectivity index (χ0v) is 15.0. The standard InChI is InChI=1S/C20H25FN4O/c1-23-20-12-16(14-24-6-7-25-8-10-26-11-9-25)19(22)13-18(20)15-2-4-17(21)5-3-15/h2-5,12-14,23H,6-11,22H2,1H3. The maximum atomic E-state index is 13.2. The molecule has 0 radical (unpaired) electrons. The van der Waals surface area contributed by atoms with Crippen LogP contribution in [-0.4, -0.2) is 57.6 Å². The summed E-state index contributed by atoms with van der Waals surface area (Å²) in [4.78, 5) is 6.87. The number of nitrogens with zero attached hydrogens (tertiary/aromatic N) is 2. The third kappa shape index (κ3) is 4.59. The minimum Gasteiger partial charge on any atom is -0.398 e. The Labute approximate surface area is 153 Å². The van der Waals surface area contributed by atoms with Gasteiger partial charge in [0.1, 0.15) is 5.82 Å². The number of aliphatic imine (C=N–C) groups is 1. The van der Waals surface area contributed by atoms with E-state index < -0.39 is 0 Å². The molecule has 2 aromatic carbocycles. The highest BCUT2D eigenvalue weighted by Gasteiger charge is 2.10. The average molecular weight is 356 g/mol. The number of morpholine rings is 1. The first-order valence-electron chi connectivity index (χ1n) is 8.84. The monoisotopic (exact) mass is 356 g/mol. The number of benzene rings is 2. The highest BCUT2D eigenvalue weighted by molar-refractivity contribution is 5.93. The third-order valence-corrected chi connectivity index (χ3v) is 4.53. The van der Waals surface area contributed by atoms with Gasteiger partial charge in [-0.15, -0.1) is 0 Å². The van der Waals surface area contributed by atoms with Crippen LogP contribution in [0.1, 0.15) is 5.56 Å². The largest absolute Gasteiger partial charge is 0.398 e. The lowest BCUT2D eigenvalue weighted by Crippen LogP contribution is -2.37. The maximum absolute atomic E-state index is 13.2. The van der Waals surface area contributed by atoms with Crippen molar-refractivity contribution in [3.63, 3.8) is 0 Å². The highest BCUT2D eigenvalue weighted by atomic mass is 19.1. The number of nitrogens with two attached hydrogens (primary N) is 1. The van der Waals surface area contributed by atoms with Gasteiger partial charge in [-0.1, -0.05) is 12.1 Å². The van der Waals surface area contributed by atoms with E-state index in [9.17, 15) is 4.39 Å². The van der Waals surface area contributed by atoms with Gasteiger partial charge in [0.15, 0.2) is 0 Å². The Morgan fingerprint density at radius 2 is 1.96 bits per heavy atom. The van der Waals surface area contributed by atoms with E-state index in [0.717, 1.165) is 61.8 Å². The highest BCUT2D eigenvalue weighted by Crippen LogP contribution is 2.31. The number of hydrogen-bond acceptors (Lipinski definition) is 5. The molecule has 2 aromatic rings. The second kappa shape index (κ2) is 8.78. The van der Waals surface area contributed by atoms with Crippen LogP contribution in [0.4, 0.5) is 15.8 Å². The number of anilines is 2. The fraction of sp³-hybridized carbons (Fsp3) is 0.350. The Bertz CT molecular complexity index is 755. The summed E-state index contributed by atoms with van der Waals surface area (Å²) >= 11 is 0. The molecule has 138 valence electrons. The third-order valence-electron chi connectivity index (χ3n) is 4.53. The zero-order valence-electron chi connectivity index (χ0n) is 15.0. The van der Waals surface area contributed by atoms with Gasteiger partial charge in [-0.05, 0) is 29.8 Å². The Hall–Kier alpha value is -2.44. The van der Waals surface area contributed by atoms with E-state index in [4.69, 9.17) is 10.5 Å². The summed E-state index contributed by atoms with van der Waals surface area (Å²) in [5.41, 5.74) is 10.5. The molecule has 1 aliphatic heterocycles. The second-order valence-electron chi connectivity index (χ2n) is 6.27. The predicted octanol–water partition coefficient (Wildman–Crippen LogP) is 2.87. The fourth-order valence-corrected chi connectivity index (χ4v) is 3.01. The van der Waals surface area contributed by atoms with E-state index >= 15 is 0 Å². The van der Waals surface area contributed by atoms with Gasteiger partial charge in [-0.2, -0.15) is 0 Å². The van der Waals surface area contributed by atoms with Crippen LogP contribution >= 0.6 is 0 Å². The van der Waals surface area contributed by atoms with Crippen LogP contribution in [0, 0.1) is 5.82 Å². The van der Waals surface area contributed by atoms with Crippen molar-refractivity contribution in [1.82, 2.24) is 4.90 Å². The molecule has 0 amide bonds. The van der Waals surface area contributed by atoms with E-state index in [0.29, 0.717) is 5.69 Å². The van der Waals surface area contributed by atoms with Crippen LogP contribution < -0.4 is 11.1 Å². The molecule has 0 spiro atoms. The first-order valence-corrected chi connectivity index (χ1v) is 8.84. The smallest absolute Gasteiger partial charge is 0.123 e. The summed E-state index contributed by atoms with van der Waals surface area (Å²) in [7, 11) is 1.86. The molecular weight excluding hydrogens is 331 g/mol. The molecule has 1 aliphatic rings. The number of ether oxygens (including phenoxy) is 1. The maximum Gasteiger partial charge on any atom is 0.123 e. The summed E-state index contributed by atoms with van der Waals surface area (Å²) in [6.07, 6.45) is 1.82. The van der Waals surface area contributed by atoms with E-state index in [1.165, 1.54) is 12.1 Å². The lowest BCUT2D eigenvalue weighted by Gasteiger charge is -2.25. The first-order chi connectivity index (χ1) is 12.7. The fourth-order valence-electron chi connectivity index (χ4n) is 3.01. The van der Waals surface area contributed by atoms with Gasteiger partial charge in [0.2, 0.25) is 0 Å². The molecule has 26 heavy (non-hydrogen) atoms. The summed E-state index contributed by atoms with van der Waals surface area (Å²) < 4.78 is 18.5. The van der Waals surface area contributed by atoms with Gasteiger partial charge in [-0.3, -0.25) is 9.89 Å². The molecular formula is C20H25FN4O. The number of nitrogen functional groups attached to an aromatic ring is 1. The Kier molecular flexibility index (Phi) is 6.20. The van der Waals surface area contributed by atoms with E-state index in [2.05, 4.69) is 15.2 Å². The van der Waals surface area contributed by atoms with Crippen LogP contribution in [0.25, 0.3) is 11.1 Å². The number of rotatable bonds is 6. The quantitative estimate of drug-likeness (QED) is 0.617. The molecule has 0 unspecified atom stereocenters. The Balaban J connectivity index is 1.71. The van der Waals surface area contributed by atoms with Gasteiger partial charge < -0.3 is 15.8 Å². The summed E-state index contributed by atoms with van der Waals surface area (Å²) in [5, 5.41) is 3.19. The van der Waals surface area contributed by atoms with Gasteiger partial charge in [0, 0.05) is 55.4 Å². The van der Waals surface area contributed by atoms with Crippen LogP contribution in [0.15, 0.2) is 41.4 Å². The molecule has 5 nitrogen and oxygen atoms in total. The summed E-state index contributed by atoms with van der Waals surface area (Å²) in [6.45, 7) is 5.18. The van der Waals surface area contributed by atoms with Crippen molar-refractivity contribution in [2.24, 2.45) is 4.99 Å². The summed E-state index contributed by atoms with van der Waals surface area (Å²) in [5.74, 6) is -0.253. The predicted molar refractivity (Wildman–Crippen MR) is 106 cm³/mol. The van der Waals surface area contributed by atoms with Crippen molar-refractivity contribution in [1.29, 1.82) is 0 Å². The lowest BCUT2D eigenvalue weighted by molar-refractivity contribution is 0.0395.